The van der Waals surface area contributed by atoms with Crippen LogP contribution in [-0.4, -0.2) is 14.4 Å². The highest BCUT2D eigenvalue weighted by atomic mass is 32.1. The van der Waals surface area contributed by atoms with Gasteiger partial charge in [-0.05, 0) is 61.1 Å². The second-order valence-electron chi connectivity index (χ2n) is 7.48. The van der Waals surface area contributed by atoms with Gasteiger partial charge < -0.3 is 14.4 Å². The summed E-state index contributed by atoms with van der Waals surface area (Å²) in [6.07, 6.45) is 10.2. The second kappa shape index (κ2) is 10.4. The highest BCUT2D eigenvalue weighted by Crippen LogP contribution is 2.36. The third-order valence-corrected chi connectivity index (χ3v) is 7.81. The fraction of sp³-hybridized carbons (Fsp3) is 0.391. The summed E-state index contributed by atoms with van der Waals surface area (Å²) in [5, 5.41) is 0. The third-order valence-electron chi connectivity index (χ3n) is 5.15. The monoisotopic (exact) mass is 431 g/mol. The Kier molecular flexibility index (Phi) is 7.91. The quantitative estimate of drug-likeness (QED) is 0.299. The van der Waals surface area contributed by atoms with Gasteiger partial charge in [-0.15, -0.1) is 11.3 Å². The molecule has 0 atom stereocenters. The molecule has 4 nitrogen and oxygen atoms in total. The Morgan fingerprint density at radius 1 is 0.931 bits per heavy atom. The van der Waals surface area contributed by atoms with E-state index in [1.54, 1.807) is 6.07 Å². The fourth-order valence-electron chi connectivity index (χ4n) is 3.55. The van der Waals surface area contributed by atoms with E-state index in [-0.39, 0.29) is 4.62 Å². The van der Waals surface area contributed by atoms with E-state index in [0.29, 0.717) is 0 Å². The van der Waals surface area contributed by atoms with Gasteiger partial charge >= 0.3 is 7.60 Å². The Balaban J connectivity index is 1.55. The number of aromatic nitrogens is 1. The molecule has 156 valence electrons. The third kappa shape index (κ3) is 6.42. The first-order valence-corrected chi connectivity index (χ1v) is 12.8. The largest absolute Gasteiger partial charge is 0.366 e. The van der Waals surface area contributed by atoms with Crippen LogP contribution in [0.3, 0.4) is 0 Å². The average molecular weight is 432 g/mol. The highest BCUT2D eigenvalue weighted by Gasteiger charge is 2.19. The molecule has 0 aliphatic carbocycles. The Morgan fingerprint density at radius 2 is 1.72 bits per heavy atom. The van der Waals surface area contributed by atoms with Gasteiger partial charge in [-0.1, -0.05) is 50.5 Å². The number of thiophene rings is 1. The zero-order valence-corrected chi connectivity index (χ0v) is 18.7. The first kappa shape index (κ1) is 22.0. The number of hydrogen-bond donors (Lipinski definition) is 2. The first-order chi connectivity index (χ1) is 14.0. The van der Waals surface area contributed by atoms with Crippen LogP contribution >= 0.6 is 18.9 Å². The van der Waals surface area contributed by atoms with Crippen molar-refractivity contribution in [2.24, 2.45) is 0 Å². The normalized spacial score (nSPS) is 11.8. The van der Waals surface area contributed by atoms with Gasteiger partial charge in [-0.25, -0.2) is 0 Å². The van der Waals surface area contributed by atoms with E-state index < -0.39 is 7.60 Å². The van der Waals surface area contributed by atoms with Crippen LogP contribution in [-0.2, 0) is 24.0 Å². The molecule has 0 saturated heterocycles. The summed E-state index contributed by atoms with van der Waals surface area (Å²) in [4.78, 5) is 19.5. The van der Waals surface area contributed by atoms with E-state index in [9.17, 15) is 14.4 Å². The predicted octanol–water partition coefficient (Wildman–Crippen LogP) is 5.78. The van der Waals surface area contributed by atoms with E-state index in [1.807, 2.05) is 6.07 Å². The van der Waals surface area contributed by atoms with Gasteiger partial charge in [0.05, 0.1) is 0 Å². The minimum absolute atomic E-state index is 0.156. The molecule has 2 N–H and O–H groups in total. The molecule has 0 spiro atoms. The van der Waals surface area contributed by atoms with Crippen LogP contribution in [0.1, 0.15) is 49.5 Å². The maximum atomic E-state index is 11.3. The van der Waals surface area contributed by atoms with Crippen LogP contribution in [0.2, 0.25) is 0 Å². The van der Waals surface area contributed by atoms with Gasteiger partial charge in [-0.3, -0.25) is 4.57 Å². The molecule has 3 aromatic rings. The van der Waals surface area contributed by atoms with Crippen LogP contribution in [0.15, 0.2) is 54.7 Å². The summed E-state index contributed by atoms with van der Waals surface area (Å²) in [6.45, 7) is 3.12. The Labute approximate surface area is 177 Å². The summed E-state index contributed by atoms with van der Waals surface area (Å²) in [7, 11) is -4.13. The number of nitrogens with zero attached hydrogens (tertiary/aromatic N) is 1. The minimum atomic E-state index is -4.13. The molecule has 2 aromatic heterocycles. The van der Waals surface area contributed by atoms with Gasteiger partial charge in [0.25, 0.3) is 0 Å². The molecule has 0 radical (unpaired) electrons. The van der Waals surface area contributed by atoms with Crippen molar-refractivity contribution < 1.29 is 14.4 Å². The molecule has 0 aliphatic heterocycles. The smallest absolute Gasteiger partial charge is 0.347 e. The summed E-state index contributed by atoms with van der Waals surface area (Å²) in [6, 6.07) is 16.5. The van der Waals surface area contributed by atoms with Crippen molar-refractivity contribution in [3.63, 3.8) is 0 Å². The lowest BCUT2D eigenvalue weighted by Gasteiger charge is -2.10. The topological polar surface area (TPSA) is 62.5 Å². The van der Waals surface area contributed by atoms with E-state index in [1.165, 1.54) is 53.8 Å². The van der Waals surface area contributed by atoms with Crippen LogP contribution < -0.4 is 4.62 Å². The molecule has 0 unspecified atom stereocenters. The molecule has 0 fully saturated rings. The maximum Gasteiger partial charge on any atom is 0.366 e. The lowest BCUT2D eigenvalue weighted by Crippen LogP contribution is -2.00. The Hall–Kier alpha value is -1.65. The predicted molar refractivity (Wildman–Crippen MR) is 122 cm³/mol. The lowest BCUT2D eigenvalue weighted by molar-refractivity contribution is 0.388. The number of unbranched alkanes of at least 4 members (excludes halogenated alkanes) is 3. The van der Waals surface area contributed by atoms with Gasteiger partial charge in [0, 0.05) is 23.3 Å². The van der Waals surface area contributed by atoms with Crippen molar-refractivity contribution >= 4 is 23.6 Å². The molecule has 29 heavy (non-hydrogen) atoms. The van der Waals surface area contributed by atoms with Crippen molar-refractivity contribution in [3.8, 4) is 11.3 Å². The standard InChI is InChI=1S/C23H30NO3PS/c1-2-3-4-5-8-19-11-13-20(14-12-19)22-10-7-18-24(22)17-6-9-21-15-16-23(29-21)28(25,26)27/h7,10-16,18H,2-6,8-9,17H2,1H3,(H2,25,26,27). The van der Waals surface area contributed by atoms with Crippen molar-refractivity contribution in [3.05, 3.63) is 65.2 Å². The van der Waals surface area contributed by atoms with Gasteiger partial charge in [-0.2, -0.15) is 0 Å². The lowest BCUT2D eigenvalue weighted by atomic mass is 10.0. The molecular weight excluding hydrogens is 401 g/mol. The molecule has 2 heterocycles. The molecule has 0 saturated carbocycles. The maximum absolute atomic E-state index is 11.3. The van der Waals surface area contributed by atoms with Crippen LogP contribution in [0.5, 0.6) is 0 Å². The number of hydrogen-bond acceptors (Lipinski definition) is 2. The van der Waals surface area contributed by atoms with Crippen molar-refractivity contribution in [1.29, 1.82) is 0 Å². The van der Waals surface area contributed by atoms with Crippen molar-refractivity contribution in [2.75, 3.05) is 0 Å². The van der Waals surface area contributed by atoms with E-state index in [4.69, 9.17) is 0 Å². The molecule has 0 bridgehead atoms. The summed E-state index contributed by atoms with van der Waals surface area (Å²) in [5.74, 6) is 0. The Bertz CT molecular complexity index is 939. The zero-order chi connectivity index (χ0) is 20.7. The summed E-state index contributed by atoms with van der Waals surface area (Å²) >= 11 is 1.22. The second-order valence-corrected chi connectivity index (χ2v) is 10.5. The Morgan fingerprint density at radius 3 is 2.41 bits per heavy atom. The molecule has 0 amide bonds. The van der Waals surface area contributed by atoms with E-state index in [2.05, 4.69) is 54.1 Å². The fourth-order valence-corrected chi connectivity index (χ4v) is 5.43. The van der Waals surface area contributed by atoms with Crippen molar-refractivity contribution in [2.45, 2.75) is 58.4 Å². The van der Waals surface area contributed by atoms with Crippen molar-refractivity contribution in [1.82, 2.24) is 4.57 Å². The molecular formula is C23H30NO3PS. The first-order valence-electron chi connectivity index (χ1n) is 10.4. The molecule has 3 rings (SSSR count). The molecule has 6 heteroatoms. The number of benzene rings is 1. The van der Waals surface area contributed by atoms with Gasteiger partial charge in [0.2, 0.25) is 0 Å². The van der Waals surface area contributed by atoms with E-state index >= 15 is 0 Å². The summed E-state index contributed by atoms with van der Waals surface area (Å²) < 4.78 is 13.7. The highest BCUT2D eigenvalue weighted by molar-refractivity contribution is 7.67. The van der Waals surface area contributed by atoms with E-state index in [0.717, 1.165) is 30.7 Å². The SMILES string of the molecule is CCCCCCc1ccc(-c2cccn2CCCc2ccc(P(=O)(O)O)s2)cc1. The summed E-state index contributed by atoms with van der Waals surface area (Å²) in [5.41, 5.74) is 3.85. The van der Waals surface area contributed by atoms with Gasteiger partial charge in [0.1, 0.15) is 4.62 Å². The van der Waals surface area contributed by atoms with Crippen LogP contribution in [0.4, 0.5) is 0 Å². The average Bonchev–Trinajstić information content (AvgIpc) is 3.35. The zero-order valence-electron chi connectivity index (χ0n) is 17.0. The molecule has 1 aromatic carbocycles. The number of aryl methyl sites for hydroxylation is 3. The number of rotatable bonds is 11. The van der Waals surface area contributed by atoms with Crippen LogP contribution in [0.25, 0.3) is 11.3 Å². The minimum Gasteiger partial charge on any atom is -0.347 e. The molecule has 0 aliphatic rings. The van der Waals surface area contributed by atoms with Crippen LogP contribution in [0, 0.1) is 0 Å². The van der Waals surface area contributed by atoms with Gasteiger partial charge in [0.15, 0.2) is 0 Å².